The van der Waals surface area contributed by atoms with Crippen molar-refractivity contribution in [2.24, 2.45) is 10.8 Å². The Morgan fingerprint density at radius 2 is 1.00 bits per heavy atom. The zero-order valence-electron chi connectivity index (χ0n) is 13.4. The van der Waals surface area contributed by atoms with E-state index in [1.54, 1.807) is 0 Å². The molecular weight excluding hydrogens is 226 g/mol. The highest BCUT2D eigenvalue weighted by Crippen LogP contribution is 2.24. The Morgan fingerprint density at radius 1 is 0.722 bits per heavy atom. The zero-order chi connectivity index (χ0) is 14.9. The standard InChI is InChI=1S/C15H29NO2/c1-13(2,3)11(17)10(16-15(7,8)9)12(18)14(4,5)6/h10,16H,1-9H3. The van der Waals surface area contributed by atoms with Gasteiger partial charge in [0.1, 0.15) is 6.04 Å². The largest absolute Gasteiger partial charge is 0.297 e. The van der Waals surface area contributed by atoms with Crippen molar-refractivity contribution in [1.82, 2.24) is 5.32 Å². The van der Waals surface area contributed by atoms with Gasteiger partial charge in [-0.2, -0.15) is 0 Å². The summed E-state index contributed by atoms with van der Waals surface area (Å²) in [4.78, 5) is 24.9. The van der Waals surface area contributed by atoms with E-state index in [0.717, 1.165) is 0 Å². The van der Waals surface area contributed by atoms with E-state index >= 15 is 0 Å². The molecule has 0 unspecified atom stereocenters. The van der Waals surface area contributed by atoms with Crippen LogP contribution in [0.2, 0.25) is 0 Å². The second kappa shape index (κ2) is 5.12. The van der Waals surface area contributed by atoms with Gasteiger partial charge in [0.05, 0.1) is 0 Å². The molecule has 0 aliphatic carbocycles. The number of Topliss-reactive ketones (excluding diaryl/α,β-unsaturated/α-hetero) is 2. The summed E-state index contributed by atoms with van der Waals surface area (Å²) in [5.74, 6) is -0.0882. The second-order valence-corrected chi connectivity index (χ2v) is 8.06. The first kappa shape index (κ1) is 17.3. The number of carbonyl (C=O) groups excluding carboxylic acids is 2. The minimum atomic E-state index is -0.731. The molecule has 0 rings (SSSR count). The summed E-state index contributed by atoms with van der Waals surface area (Å²) in [5.41, 5.74) is -1.32. The van der Waals surface area contributed by atoms with Crippen molar-refractivity contribution in [3.63, 3.8) is 0 Å². The molecule has 3 nitrogen and oxygen atoms in total. The van der Waals surface area contributed by atoms with E-state index in [2.05, 4.69) is 5.32 Å². The maximum Gasteiger partial charge on any atom is 0.162 e. The third kappa shape index (κ3) is 5.30. The molecule has 0 aromatic rings. The highest BCUT2D eigenvalue weighted by molar-refractivity contribution is 6.10. The van der Waals surface area contributed by atoms with Crippen LogP contribution in [0.15, 0.2) is 0 Å². The average Bonchev–Trinajstić information content (AvgIpc) is 2.07. The molecule has 1 N–H and O–H groups in total. The Labute approximate surface area is 112 Å². The van der Waals surface area contributed by atoms with E-state index in [-0.39, 0.29) is 17.1 Å². The van der Waals surface area contributed by atoms with Crippen LogP contribution in [-0.4, -0.2) is 23.1 Å². The number of nitrogens with one attached hydrogen (secondary N) is 1. The predicted molar refractivity (Wildman–Crippen MR) is 75.6 cm³/mol. The van der Waals surface area contributed by atoms with Crippen molar-refractivity contribution < 1.29 is 9.59 Å². The van der Waals surface area contributed by atoms with Gasteiger partial charge in [-0.3, -0.25) is 14.9 Å². The molecule has 0 bridgehead atoms. The molecule has 18 heavy (non-hydrogen) atoms. The molecule has 0 spiro atoms. The van der Waals surface area contributed by atoms with Gasteiger partial charge in [0.2, 0.25) is 0 Å². The van der Waals surface area contributed by atoms with E-state index < -0.39 is 16.9 Å². The molecule has 0 atom stereocenters. The van der Waals surface area contributed by atoms with Gasteiger partial charge in [0.15, 0.2) is 11.6 Å². The third-order valence-corrected chi connectivity index (χ3v) is 2.58. The van der Waals surface area contributed by atoms with Crippen molar-refractivity contribution in [2.45, 2.75) is 73.9 Å². The fourth-order valence-electron chi connectivity index (χ4n) is 1.55. The van der Waals surface area contributed by atoms with Gasteiger partial charge in [0, 0.05) is 16.4 Å². The number of hydrogen-bond donors (Lipinski definition) is 1. The topological polar surface area (TPSA) is 46.2 Å². The zero-order valence-corrected chi connectivity index (χ0v) is 13.4. The highest BCUT2D eigenvalue weighted by atomic mass is 16.2. The summed E-state index contributed by atoms with van der Waals surface area (Å²) in [5, 5.41) is 3.17. The van der Waals surface area contributed by atoms with Crippen molar-refractivity contribution in [3.8, 4) is 0 Å². The molecule has 0 fully saturated rings. The van der Waals surface area contributed by atoms with Crippen LogP contribution in [0, 0.1) is 10.8 Å². The third-order valence-electron chi connectivity index (χ3n) is 2.58. The lowest BCUT2D eigenvalue weighted by atomic mass is 9.77. The first-order valence-corrected chi connectivity index (χ1v) is 6.52. The number of rotatable bonds is 3. The molecule has 0 saturated heterocycles. The summed E-state index contributed by atoms with van der Waals surface area (Å²) < 4.78 is 0. The molecule has 0 aliphatic rings. The molecule has 0 aromatic carbocycles. The molecule has 0 aromatic heterocycles. The van der Waals surface area contributed by atoms with Gasteiger partial charge >= 0.3 is 0 Å². The highest BCUT2D eigenvalue weighted by Gasteiger charge is 2.40. The monoisotopic (exact) mass is 255 g/mol. The van der Waals surface area contributed by atoms with Crippen molar-refractivity contribution in [1.29, 1.82) is 0 Å². The van der Waals surface area contributed by atoms with Gasteiger partial charge in [0.25, 0.3) is 0 Å². The van der Waals surface area contributed by atoms with Gasteiger partial charge in [-0.05, 0) is 20.8 Å². The number of carbonyl (C=O) groups is 2. The van der Waals surface area contributed by atoms with Gasteiger partial charge in [-0.15, -0.1) is 0 Å². The van der Waals surface area contributed by atoms with Gasteiger partial charge in [-0.1, -0.05) is 41.5 Å². The van der Waals surface area contributed by atoms with Crippen LogP contribution in [0.1, 0.15) is 62.3 Å². The summed E-state index contributed by atoms with van der Waals surface area (Å²) in [6.45, 7) is 17.0. The van der Waals surface area contributed by atoms with E-state index in [1.807, 2.05) is 62.3 Å². The Bertz CT molecular complexity index is 298. The normalized spacial score (nSPS) is 13.9. The molecular formula is C15H29NO2. The van der Waals surface area contributed by atoms with Gasteiger partial charge in [-0.25, -0.2) is 0 Å². The van der Waals surface area contributed by atoms with Gasteiger partial charge < -0.3 is 0 Å². The number of ketones is 2. The lowest BCUT2D eigenvalue weighted by Gasteiger charge is -2.34. The van der Waals surface area contributed by atoms with Crippen LogP contribution in [0.4, 0.5) is 0 Å². The SMILES string of the molecule is CC(C)(C)NC(C(=O)C(C)(C)C)C(=O)C(C)(C)C. The van der Waals surface area contributed by atoms with E-state index in [0.29, 0.717) is 0 Å². The van der Waals surface area contributed by atoms with E-state index in [1.165, 1.54) is 0 Å². The lowest BCUT2D eigenvalue weighted by Crippen LogP contribution is -2.57. The summed E-state index contributed by atoms with van der Waals surface area (Å²) in [7, 11) is 0. The maximum absolute atomic E-state index is 12.4. The maximum atomic E-state index is 12.4. The van der Waals surface area contributed by atoms with E-state index in [4.69, 9.17) is 0 Å². The second-order valence-electron chi connectivity index (χ2n) is 8.06. The first-order chi connectivity index (χ1) is 7.66. The fourth-order valence-corrected chi connectivity index (χ4v) is 1.55. The first-order valence-electron chi connectivity index (χ1n) is 6.52. The molecule has 106 valence electrons. The summed E-state index contributed by atoms with van der Waals surface area (Å²) in [6, 6.07) is -0.731. The summed E-state index contributed by atoms with van der Waals surface area (Å²) >= 11 is 0. The average molecular weight is 255 g/mol. The van der Waals surface area contributed by atoms with Crippen LogP contribution in [0.5, 0.6) is 0 Å². The van der Waals surface area contributed by atoms with Crippen LogP contribution in [0.25, 0.3) is 0 Å². The van der Waals surface area contributed by atoms with Crippen molar-refractivity contribution in [2.75, 3.05) is 0 Å². The smallest absolute Gasteiger partial charge is 0.162 e. The molecule has 0 amide bonds. The van der Waals surface area contributed by atoms with Crippen LogP contribution in [0.3, 0.4) is 0 Å². The predicted octanol–water partition coefficient (Wildman–Crippen LogP) is 2.97. The molecule has 3 heteroatoms. The molecule has 0 saturated carbocycles. The van der Waals surface area contributed by atoms with Crippen molar-refractivity contribution in [3.05, 3.63) is 0 Å². The van der Waals surface area contributed by atoms with Crippen LogP contribution < -0.4 is 5.32 Å². The lowest BCUT2D eigenvalue weighted by molar-refractivity contribution is -0.139. The van der Waals surface area contributed by atoms with Crippen LogP contribution >= 0.6 is 0 Å². The van der Waals surface area contributed by atoms with E-state index in [9.17, 15) is 9.59 Å². The molecule has 0 radical (unpaired) electrons. The van der Waals surface area contributed by atoms with Crippen molar-refractivity contribution >= 4 is 11.6 Å². The Morgan fingerprint density at radius 3 is 1.17 bits per heavy atom. The Balaban J connectivity index is 5.34. The molecule has 0 heterocycles. The Hall–Kier alpha value is -0.700. The fraction of sp³-hybridized carbons (Fsp3) is 0.867. The Kier molecular flexibility index (Phi) is 4.92. The molecule has 0 aliphatic heterocycles. The van der Waals surface area contributed by atoms with Crippen LogP contribution in [-0.2, 0) is 9.59 Å². The quantitative estimate of drug-likeness (QED) is 0.789. The minimum absolute atomic E-state index is 0.0441. The summed E-state index contributed by atoms with van der Waals surface area (Å²) in [6.07, 6.45) is 0. The number of hydrogen-bond acceptors (Lipinski definition) is 3. The minimum Gasteiger partial charge on any atom is -0.297 e.